The molecule has 0 amide bonds. The highest BCUT2D eigenvalue weighted by molar-refractivity contribution is 5.78. The van der Waals surface area contributed by atoms with Gasteiger partial charge in [0.25, 0.3) is 0 Å². The fourth-order valence-corrected chi connectivity index (χ4v) is 2.33. The summed E-state index contributed by atoms with van der Waals surface area (Å²) in [6, 6.07) is 11.2. The van der Waals surface area contributed by atoms with Gasteiger partial charge >= 0.3 is 0 Å². The average molecular weight is 242 g/mol. The maximum absolute atomic E-state index is 4.51. The van der Waals surface area contributed by atoms with Gasteiger partial charge in [-0.15, -0.1) is 0 Å². The summed E-state index contributed by atoms with van der Waals surface area (Å²) >= 11 is 0. The van der Waals surface area contributed by atoms with Gasteiger partial charge in [0.2, 0.25) is 0 Å². The van der Waals surface area contributed by atoms with Crippen molar-refractivity contribution in [3.8, 4) is 0 Å². The second-order valence-corrected chi connectivity index (χ2v) is 4.74. The standard InChI is InChI=1S/C16H22N2/c1-3-15(17-4-2)10-9-13-11-14-7-5-6-8-16(14)18-12-13/h5-8,11-12,15,17H,3-4,9-10H2,1-2H3. The minimum Gasteiger partial charge on any atom is -0.314 e. The SMILES string of the molecule is CCNC(CC)CCc1cnc2ccccc2c1. The molecule has 2 heteroatoms. The molecule has 2 rings (SSSR count). The fourth-order valence-electron chi connectivity index (χ4n) is 2.33. The van der Waals surface area contributed by atoms with Gasteiger partial charge in [0, 0.05) is 17.6 Å². The lowest BCUT2D eigenvalue weighted by atomic mass is 10.0. The topological polar surface area (TPSA) is 24.9 Å². The summed E-state index contributed by atoms with van der Waals surface area (Å²) < 4.78 is 0. The van der Waals surface area contributed by atoms with Gasteiger partial charge in [-0.25, -0.2) is 0 Å². The molecule has 1 aromatic heterocycles. The number of rotatable bonds is 6. The van der Waals surface area contributed by atoms with Crippen molar-refractivity contribution in [2.75, 3.05) is 6.54 Å². The predicted molar refractivity (Wildman–Crippen MR) is 77.8 cm³/mol. The summed E-state index contributed by atoms with van der Waals surface area (Å²) in [5, 5.41) is 4.76. The molecule has 0 aliphatic rings. The number of aryl methyl sites for hydroxylation is 1. The number of hydrogen-bond donors (Lipinski definition) is 1. The number of benzene rings is 1. The van der Waals surface area contributed by atoms with E-state index in [1.54, 1.807) is 0 Å². The molecule has 1 aromatic carbocycles. The third-order valence-electron chi connectivity index (χ3n) is 3.41. The van der Waals surface area contributed by atoms with Crippen molar-refractivity contribution in [2.24, 2.45) is 0 Å². The van der Waals surface area contributed by atoms with Crippen LogP contribution in [0.4, 0.5) is 0 Å². The number of nitrogens with zero attached hydrogens (tertiary/aromatic N) is 1. The van der Waals surface area contributed by atoms with Gasteiger partial charge in [-0.3, -0.25) is 4.98 Å². The molecule has 1 N–H and O–H groups in total. The first kappa shape index (κ1) is 13.0. The van der Waals surface area contributed by atoms with Crippen LogP contribution in [-0.4, -0.2) is 17.6 Å². The molecule has 1 unspecified atom stereocenters. The van der Waals surface area contributed by atoms with E-state index in [-0.39, 0.29) is 0 Å². The number of hydrogen-bond acceptors (Lipinski definition) is 2. The Morgan fingerprint density at radius 1 is 1.22 bits per heavy atom. The quantitative estimate of drug-likeness (QED) is 0.838. The molecule has 1 heterocycles. The van der Waals surface area contributed by atoms with Crippen molar-refractivity contribution in [1.82, 2.24) is 10.3 Å². The smallest absolute Gasteiger partial charge is 0.0702 e. The highest BCUT2D eigenvalue weighted by atomic mass is 14.9. The van der Waals surface area contributed by atoms with Crippen LogP contribution in [0.3, 0.4) is 0 Å². The number of aromatic nitrogens is 1. The summed E-state index contributed by atoms with van der Waals surface area (Å²) in [6.45, 7) is 5.46. The van der Waals surface area contributed by atoms with Crippen molar-refractivity contribution in [3.05, 3.63) is 42.1 Å². The third kappa shape index (κ3) is 3.30. The highest BCUT2D eigenvalue weighted by Crippen LogP contribution is 2.14. The van der Waals surface area contributed by atoms with Gasteiger partial charge in [0.1, 0.15) is 0 Å². The maximum atomic E-state index is 4.51. The molecule has 0 saturated carbocycles. The first-order valence-electron chi connectivity index (χ1n) is 6.90. The molecule has 0 bridgehead atoms. The second kappa shape index (κ2) is 6.50. The van der Waals surface area contributed by atoms with E-state index in [4.69, 9.17) is 0 Å². The molecule has 2 nitrogen and oxygen atoms in total. The normalized spacial score (nSPS) is 12.8. The van der Waals surface area contributed by atoms with Crippen LogP contribution in [0.1, 0.15) is 32.3 Å². The summed E-state index contributed by atoms with van der Waals surface area (Å²) in [4.78, 5) is 4.51. The van der Waals surface area contributed by atoms with E-state index in [9.17, 15) is 0 Å². The van der Waals surface area contributed by atoms with E-state index in [0.29, 0.717) is 6.04 Å². The van der Waals surface area contributed by atoms with Gasteiger partial charge in [-0.05, 0) is 43.5 Å². The number of fused-ring (bicyclic) bond motifs is 1. The van der Waals surface area contributed by atoms with Crippen LogP contribution in [0.5, 0.6) is 0 Å². The Labute approximate surface area is 109 Å². The number of para-hydroxylation sites is 1. The van der Waals surface area contributed by atoms with Crippen molar-refractivity contribution >= 4 is 10.9 Å². The fraction of sp³-hybridized carbons (Fsp3) is 0.438. The summed E-state index contributed by atoms with van der Waals surface area (Å²) in [7, 11) is 0. The molecular formula is C16H22N2. The van der Waals surface area contributed by atoms with Crippen molar-refractivity contribution in [3.63, 3.8) is 0 Å². The van der Waals surface area contributed by atoms with Crippen LogP contribution in [-0.2, 0) is 6.42 Å². The van der Waals surface area contributed by atoms with Crippen LogP contribution in [0.2, 0.25) is 0 Å². The maximum Gasteiger partial charge on any atom is 0.0702 e. The summed E-state index contributed by atoms with van der Waals surface area (Å²) in [5.74, 6) is 0. The van der Waals surface area contributed by atoms with E-state index in [2.05, 4.69) is 48.4 Å². The number of pyridine rings is 1. The molecule has 0 fully saturated rings. The van der Waals surface area contributed by atoms with E-state index >= 15 is 0 Å². The lowest BCUT2D eigenvalue weighted by molar-refractivity contribution is 0.481. The van der Waals surface area contributed by atoms with Crippen molar-refractivity contribution < 1.29 is 0 Å². The van der Waals surface area contributed by atoms with Crippen LogP contribution in [0, 0.1) is 0 Å². The van der Waals surface area contributed by atoms with Gasteiger partial charge in [0.05, 0.1) is 5.52 Å². The molecule has 0 aliphatic heterocycles. The van der Waals surface area contributed by atoms with Gasteiger partial charge < -0.3 is 5.32 Å². The molecule has 1 atom stereocenters. The molecule has 96 valence electrons. The first-order valence-corrected chi connectivity index (χ1v) is 6.90. The Morgan fingerprint density at radius 3 is 2.83 bits per heavy atom. The summed E-state index contributed by atoms with van der Waals surface area (Å²) in [6.07, 6.45) is 5.49. The average Bonchev–Trinajstić information content (AvgIpc) is 2.43. The van der Waals surface area contributed by atoms with E-state index in [1.807, 2.05) is 12.3 Å². The van der Waals surface area contributed by atoms with Crippen LogP contribution in [0.25, 0.3) is 10.9 Å². The second-order valence-electron chi connectivity index (χ2n) is 4.74. The zero-order chi connectivity index (χ0) is 12.8. The highest BCUT2D eigenvalue weighted by Gasteiger charge is 2.05. The monoisotopic (exact) mass is 242 g/mol. The third-order valence-corrected chi connectivity index (χ3v) is 3.41. The van der Waals surface area contributed by atoms with Gasteiger partial charge in [-0.1, -0.05) is 32.0 Å². The van der Waals surface area contributed by atoms with E-state index in [1.165, 1.54) is 23.8 Å². The zero-order valence-electron chi connectivity index (χ0n) is 11.3. The van der Waals surface area contributed by atoms with E-state index in [0.717, 1.165) is 18.5 Å². The first-order chi connectivity index (χ1) is 8.83. The lowest BCUT2D eigenvalue weighted by Crippen LogP contribution is -2.28. The molecule has 0 spiro atoms. The molecule has 2 aromatic rings. The van der Waals surface area contributed by atoms with Crippen molar-refractivity contribution in [1.29, 1.82) is 0 Å². The molecular weight excluding hydrogens is 220 g/mol. The van der Waals surface area contributed by atoms with Crippen LogP contribution < -0.4 is 5.32 Å². The summed E-state index contributed by atoms with van der Waals surface area (Å²) in [5.41, 5.74) is 2.42. The molecule has 0 saturated heterocycles. The Balaban J connectivity index is 2.03. The van der Waals surface area contributed by atoms with Gasteiger partial charge in [0.15, 0.2) is 0 Å². The minimum atomic E-state index is 0.626. The molecule has 0 aliphatic carbocycles. The Hall–Kier alpha value is -1.41. The molecule has 18 heavy (non-hydrogen) atoms. The van der Waals surface area contributed by atoms with Gasteiger partial charge in [-0.2, -0.15) is 0 Å². The number of nitrogens with one attached hydrogen (secondary N) is 1. The lowest BCUT2D eigenvalue weighted by Gasteiger charge is -2.15. The zero-order valence-corrected chi connectivity index (χ0v) is 11.3. The van der Waals surface area contributed by atoms with Crippen LogP contribution in [0.15, 0.2) is 36.5 Å². The van der Waals surface area contributed by atoms with Crippen LogP contribution >= 0.6 is 0 Å². The largest absolute Gasteiger partial charge is 0.314 e. The Kier molecular flexibility index (Phi) is 4.71. The predicted octanol–water partition coefficient (Wildman–Crippen LogP) is 3.56. The molecule has 0 radical (unpaired) electrons. The van der Waals surface area contributed by atoms with E-state index < -0.39 is 0 Å². The Bertz CT molecular complexity index is 493. The van der Waals surface area contributed by atoms with Crippen molar-refractivity contribution in [2.45, 2.75) is 39.2 Å². The Morgan fingerprint density at radius 2 is 2.06 bits per heavy atom. The minimum absolute atomic E-state index is 0.626.